The maximum Gasteiger partial charge on any atom is 0.240 e. The minimum absolute atomic E-state index is 0.165. The number of nitrogens with zero attached hydrogens (tertiary/aromatic N) is 1. The maximum atomic E-state index is 12.2. The molecular formula is C13H9NO3S. The molecule has 4 nitrogen and oxygen atoms in total. The first-order valence-electron chi connectivity index (χ1n) is 5.12. The first kappa shape index (κ1) is 12.2. The number of aliphatic imine (C=N–C) groups is 1. The molecule has 2 rings (SSSR count). The number of benzene rings is 2. The van der Waals surface area contributed by atoms with Crippen LogP contribution in [0.25, 0.3) is 0 Å². The van der Waals surface area contributed by atoms with Crippen LogP contribution in [0.2, 0.25) is 0 Å². The Hall–Kier alpha value is -2.23. The minimum Gasteiger partial charge on any atom is -0.219 e. The quantitative estimate of drug-likeness (QED) is 0.628. The summed E-state index contributed by atoms with van der Waals surface area (Å²) in [6.45, 7) is 0. The van der Waals surface area contributed by atoms with E-state index in [9.17, 15) is 13.2 Å². The lowest BCUT2D eigenvalue weighted by Crippen LogP contribution is -2.01. The summed E-state index contributed by atoms with van der Waals surface area (Å²) in [7, 11) is -3.51. The van der Waals surface area contributed by atoms with Crippen LogP contribution in [-0.4, -0.2) is 14.5 Å². The molecule has 0 N–H and O–H groups in total. The van der Waals surface area contributed by atoms with Gasteiger partial charge in [-0.2, -0.15) is 4.99 Å². The standard InChI is InChI=1S/C13H9NO3S/c15-10-14-11-6-8-13(9-7-11)18(16,17)12-4-2-1-3-5-12/h1-9H. The van der Waals surface area contributed by atoms with Crippen LogP contribution in [0.5, 0.6) is 0 Å². The van der Waals surface area contributed by atoms with Gasteiger partial charge in [0.25, 0.3) is 0 Å². The number of sulfone groups is 1. The van der Waals surface area contributed by atoms with E-state index >= 15 is 0 Å². The summed E-state index contributed by atoms with van der Waals surface area (Å²) in [4.78, 5) is 13.9. The molecule has 2 aromatic rings. The molecule has 2 aromatic carbocycles. The molecule has 90 valence electrons. The van der Waals surface area contributed by atoms with Crippen molar-refractivity contribution >= 4 is 21.6 Å². The second kappa shape index (κ2) is 4.96. The van der Waals surface area contributed by atoms with E-state index in [0.29, 0.717) is 5.69 Å². The zero-order chi connectivity index (χ0) is 13.0. The zero-order valence-electron chi connectivity index (χ0n) is 9.28. The van der Waals surface area contributed by atoms with Crippen LogP contribution < -0.4 is 0 Å². The fourth-order valence-corrected chi connectivity index (χ4v) is 2.77. The van der Waals surface area contributed by atoms with Gasteiger partial charge in [0.2, 0.25) is 15.9 Å². The van der Waals surface area contributed by atoms with E-state index in [1.807, 2.05) is 0 Å². The van der Waals surface area contributed by atoms with E-state index in [-0.39, 0.29) is 9.79 Å². The Balaban J connectivity index is 2.46. The number of hydrogen-bond donors (Lipinski definition) is 0. The molecule has 18 heavy (non-hydrogen) atoms. The average molecular weight is 259 g/mol. The highest BCUT2D eigenvalue weighted by atomic mass is 32.2. The van der Waals surface area contributed by atoms with Crippen LogP contribution in [0, 0.1) is 0 Å². The average Bonchev–Trinajstić information content (AvgIpc) is 2.41. The number of rotatable bonds is 3. The Kier molecular flexibility index (Phi) is 3.37. The Morgan fingerprint density at radius 1 is 0.833 bits per heavy atom. The van der Waals surface area contributed by atoms with Crippen LogP contribution in [0.3, 0.4) is 0 Å². The molecule has 0 saturated heterocycles. The Labute approximate surface area is 105 Å². The monoisotopic (exact) mass is 259 g/mol. The Morgan fingerprint density at radius 3 is 1.94 bits per heavy atom. The summed E-state index contributed by atoms with van der Waals surface area (Å²) in [6.07, 6.45) is 1.40. The van der Waals surface area contributed by atoms with Gasteiger partial charge in [-0.3, -0.25) is 0 Å². The third kappa shape index (κ3) is 2.37. The molecule has 0 unspecified atom stereocenters. The van der Waals surface area contributed by atoms with E-state index in [2.05, 4.69) is 4.99 Å². The summed E-state index contributed by atoms with van der Waals surface area (Å²) in [5.74, 6) is 0. The van der Waals surface area contributed by atoms with Gasteiger partial charge in [0.1, 0.15) is 0 Å². The second-order valence-electron chi connectivity index (χ2n) is 3.51. The molecule has 0 aromatic heterocycles. The molecule has 0 fully saturated rings. The van der Waals surface area contributed by atoms with E-state index < -0.39 is 9.84 Å². The van der Waals surface area contributed by atoms with Gasteiger partial charge in [0, 0.05) is 0 Å². The van der Waals surface area contributed by atoms with Crippen molar-refractivity contribution in [2.45, 2.75) is 9.79 Å². The lowest BCUT2D eigenvalue weighted by atomic mass is 10.3. The van der Waals surface area contributed by atoms with Crippen molar-refractivity contribution in [3.05, 3.63) is 54.6 Å². The highest BCUT2D eigenvalue weighted by molar-refractivity contribution is 7.91. The van der Waals surface area contributed by atoms with Crippen molar-refractivity contribution in [3.63, 3.8) is 0 Å². The second-order valence-corrected chi connectivity index (χ2v) is 5.46. The summed E-state index contributed by atoms with van der Waals surface area (Å²) in [5, 5.41) is 0. The van der Waals surface area contributed by atoms with Crippen molar-refractivity contribution in [2.75, 3.05) is 0 Å². The number of carbonyl (C=O) groups excluding carboxylic acids is 1. The van der Waals surface area contributed by atoms with Crippen LogP contribution in [0.4, 0.5) is 5.69 Å². The molecule has 0 spiro atoms. The highest BCUT2D eigenvalue weighted by Gasteiger charge is 2.16. The van der Waals surface area contributed by atoms with Crippen LogP contribution >= 0.6 is 0 Å². The largest absolute Gasteiger partial charge is 0.240 e. The highest BCUT2D eigenvalue weighted by Crippen LogP contribution is 2.22. The van der Waals surface area contributed by atoms with Gasteiger partial charge in [-0.25, -0.2) is 13.2 Å². The molecule has 0 aliphatic carbocycles. The predicted molar refractivity (Wildman–Crippen MR) is 66.1 cm³/mol. The van der Waals surface area contributed by atoms with Gasteiger partial charge in [-0.15, -0.1) is 0 Å². The lowest BCUT2D eigenvalue weighted by Gasteiger charge is -2.04. The van der Waals surface area contributed by atoms with Gasteiger partial charge >= 0.3 is 0 Å². The van der Waals surface area contributed by atoms with E-state index in [4.69, 9.17) is 0 Å². The van der Waals surface area contributed by atoms with E-state index in [0.717, 1.165) is 0 Å². The van der Waals surface area contributed by atoms with Crippen molar-refractivity contribution < 1.29 is 13.2 Å². The van der Waals surface area contributed by atoms with Gasteiger partial charge in [-0.05, 0) is 36.4 Å². The van der Waals surface area contributed by atoms with E-state index in [1.54, 1.807) is 18.2 Å². The SMILES string of the molecule is O=C=Nc1ccc(S(=O)(=O)c2ccccc2)cc1. The molecule has 0 radical (unpaired) electrons. The molecule has 0 saturated carbocycles. The first-order valence-corrected chi connectivity index (χ1v) is 6.61. The fraction of sp³-hybridized carbons (Fsp3) is 0. The van der Waals surface area contributed by atoms with Crippen LogP contribution in [0.1, 0.15) is 0 Å². The van der Waals surface area contributed by atoms with Crippen molar-refractivity contribution in [2.24, 2.45) is 4.99 Å². The van der Waals surface area contributed by atoms with Crippen LogP contribution in [-0.2, 0) is 14.6 Å². The summed E-state index contributed by atoms with van der Waals surface area (Å²) in [6, 6.07) is 13.9. The fourth-order valence-electron chi connectivity index (χ4n) is 1.49. The predicted octanol–water partition coefficient (Wildman–Crippen LogP) is 2.49. The van der Waals surface area contributed by atoms with Gasteiger partial charge in [0.05, 0.1) is 15.5 Å². The lowest BCUT2D eigenvalue weighted by molar-refractivity contribution is 0.565. The molecular weight excluding hydrogens is 250 g/mol. The maximum absolute atomic E-state index is 12.2. The molecule has 0 heterocycles. The first-order chi connectivity index (χ1) is 8.64. The third-order valence-electron chi connectivity index (χ3n) is 2.38. The van der Waals surface area contributed by atoms with Crippen molar-refractivity contribution in [1.82, 2.24) is 0 Å². The summed E-state index contributed by atoms with van der Waals surface area (Å²) >= 11 is 0. The normalized spacial score (nSPS) is 10.7. The molecule has 0 amide bonds. The van der Waals surface area contributed by atoms with Crippen LogP contribution in [0.15, 0.2) is 69.4 Å². The molecule has 0 bridgehead atoms. The van der Waals surface area contributed by atoms with E-state index in [1.165, 1.54) is 42.5 Å². The number of isocyanates is 1. The Bertz CT molecular complexity index is 685. The Morgan fingerprint density at radius 2 is 1.39 bits per heavy atom. The smallest absolute Gasteiger partial charge is 0.219 e. The van der Waals surface area contributed by atoms with Gasteiger partial charge < -0.3 is 0 Å². The zero-order valence-corrected chi connectivity index (χ0v) is 10.1. The minimum atomic E-state index is -3.51. The summed E-state index contributed by atoms with van der Waals surface area (Å²) < 4.78 is 24.4. The third-order valence-corrected chi connectivity index (χ3v) is 4.16. The van der Waals surface area contributed by atoms with Crippen molar-refractivity contribution in [1.29, 1.82) is 0 Å². The van der Waals surface area contributed by atoms with Crippen molar-refractivity contribution in [3.8, 4) is 0 Å². The number of hydrogen-bond acceptors (Lipinski definition) is 4. The van der Waals surface area contributed by atoms with Gasteiger partial charge in [0.15, 0.2) is 0 Å². The summed E-state index contributed by atoms with van der Waals surface area (Å²) in [5.41, 5.74) is 0.372. The van der Waals surface area contributed by atoms with Gasteiger partial charge in [-0.1, -0.05) is 18.2 Å². The topological polar surface area (TPSA) is 63.6 Å². The molecule has 0 aliphatic heterocycles. The molecule has 0 aliphatic rings. The molecule has 0 atom stereocenters. The molecule has 5 heteroatoms.